The molecule has 0 bridgehead atoms. The summed E-state index contributed by atoms with van der Waals surface area (Å²) in [5, 5.41) is 21.3. The summed E-state index contributed by atoms with van der Waals surface area (Å²) in [6.45, 7) is -1.44. The van der Waals surface area contributed by atoms with Crippen LogP contribution in [0.3, 0.4) is 0 Å². The van der Waals surface area contributed by atoms with Gasteiger partial charge >= 0.3 is 12.2 Å². The Bertz CT molecular complexity index is 1990. The van der Waals surface area contributed by atoms with Gasteiger partial charge in [0.1, 0.15) is 12.3 Å². The first kappa shape index (κ1) is 28.4. The predicted octanol–water partition coefficient (Wildman–Crippen LogP) is 4.81. The summed E-state index contributed by atoms with van der Waals surface area (Å²) < 4.78 is 92.1. The Morgan fingerprint density at radius 3 is 2.40 bits per heavy atom. The number of ether oxygens (including phenoxy) is 2. The summed E-state index contributed by atoms with van der Waals surface area (Å²) in [5.74, 6) is -3.97. The van der Waals surface area contributed by atoms with Crippen LogP contribution in [0.5, 0.6) is 11.5 Å². The second kappa shape index (κ2) is 9.91. The van der Waals surface area contributed by atoms with Gasteiger partial charge in [0.2, 0.25) is 0 Å². The molecule has 0 aliphatic carbocycles. The van der Waals surface area contributed by atoms with Crippen molar-refractivity contribution in [3.05, 3.63) is 78.6 Å². The van der Waals surface area contributed by atoms with E-state index in [4.69, 9.17) is 0 Å². The summed E-state index contributed by atoms with van der Waals surface area (Å²) in [5.41, 5.74) is 2.07. The van der Waals surface area contributed by atoms with Crippen molar-refractivity contribution >= 4 is 9.84 Å². The normalized spacial score (nSPS) is 14.3. The number of aromatic nitrogens is 5. The van der Waals surface area contributed by atoms with Gasteiger partial charge in [0, 0.05) is 24.4 Å². The van der Waals surface area contributed by atoms with Crippen LogP contribution in [0.25, 0.3) is 39.3 Å². The fraction of sp³-hybridized carbons (Fsp3) is 0.179. The number of alkyl halides is 4. The highest BCUT2D eigenvalue weighted by Gasteiger charge is 2.43. The zero-order valence-electron chi connectivity index (χ0n) is 22.4. The zero-order chi connectivity index (χ0) is 30.7. The zero-order valence-corrected chi connectivity index (χ0v) is 23.2. The highest BCUT2D eigenvalue weighted by molar-refractivity contribution is 7.90. The molecular weight excluding hydrogens is 594 g/mol. The minimum atomic E-state index is -3.82. The molecule has 0 atom stereocenters. The molecule has 1 N–H and O–H groups in total. The molecule has 0 radical (unpaired) electrons. The topological polar surface area (TPSA) is 121 Å². The molecule has 3 heterocycles. The van der Waals surface area contributed by atoms with E-state index in [1.807, 2.05) is 0 Å². The summed E-state index contributed by atoms with van der Waals surface area (Å²) in [6.07, 6.45) is -1.36. The molecule has 222 valence electrons. The maximum atomic E-state index is 14.4. The lowest BCUT2D eigenvalue weighted by Gasteiger charge is -2.15. The number of fused-ring (bicyclic) bond motifs is 1. The van der Waals surface area contributed by atoms with Crippen LogP contribution in [-0.4, -0.2) is 57.5 Å². The number of benzene rings is 3. The quantitative estimate of drug-likeness (QED) is 0.259. The van der Waals surface area contributed by atoms with Crippen LogP contribution >= 0.6 is 0 Å². The van der Waals surface area contributed by atoms with Crippen molar-refractivity contribution in [1.29, 1.82) is 0 Å². The van der Waals surface area contributed by atoms with Gasteiger partial charge in [-0.3, -0.25) is 4.68 Å². The van der Waals surface area contributed by atoms with Crippen LogP contribution in [0.15, 0.2) is 77.8 Å². The SMILES string of the molecule is Cn1nc(C(F)(F)CO)cc1-c1ccc(-c2cccc(S(C)(=O)=O)c2)cc1-n1nncc1-c1ccc2c(c1)OC(F)(F)O2. The number of sulfone groups is 1. The molecule has 10 nitrogen and oxygen atoms in total. The van der Waals surface area contributed by atoms with E-state index in [-0.39, 0.29) is 22.1 Å². The van der Waals surface area contributed by atoms with Gasteiger partial charge in [0.15, 0.2) is 21.3 Å². The van der Waals surface area contributed by atoms with Crippen molar-refractivity contribution in [3.63, 3.8) is 0 Å². The van der Waals surface area contributed by atoms with Gasteiger partial charge in [0.25, 0.3) is 0 Å². The highest BCUT2D eigenvalue weighted by atomic mass is 32.2. The monoisotopic (exact) mass is 615 g/mol. The lowest BCUT2D eigenvalue weighted by molar-refractivity contribution is -0.286. The van der Waals surface area contributed by atoms with Crippen molar-refractivity contribution in [1.82, 2.24) is 24.8 Å². The third-order valence-electron chi connectivity index (χ3n) is 6.80. The maximum Gasteiger partial charge on any atom is 0.586 e. The molecule has 1 aliphatic rings. The van der Waals surface area contributed by atoms with Gasteiger partial charge in [-0.2, -0.15) is 13.9 Å². The van der Waals surface area contributed by atoms with Crippen molar-refractivity contribution < 1.29 is 40.6 Å². The first-order valence-corrected chi connectivity index (χ1v) is 14.4. The summed E-state index contributed by atoms with van der Waals surface area (Å²) >= 11 is 0. The second-order valence-corrected chi connectivity index (χ2v) is 11.8. The Morgan fingerprint density at radius 2 is 1.65 bits per heavy atom. The minimum Gasteiger partial charge on any atom is -0.395 e. The number of aliphatic hydroxyl groups is 1. The molecule has 0 saturated heterocycles. The van der Waals surface area contributed by atoms with Crippen molar-refractivity contribution in [2.75, 3.05) is 12.9 Å². The van der Waals surface area contributed by atoms with E-state index >= 15 is 0 Å². The maximum absolute atomic E-state index is 14.4. The first-order valence-electron chi connectivity index (χ1n) is 12.6. The molecule has 5 aromatic rings. The Labute approximate surface area is 241 Å². The van der Waals surface area contributed by atoms with E-state index in [0.29, 0.717) is 33.6 Å². The average Bonchev–Trinajstić information content (AvgIpc) is 3.68. The molecule has 2 aromatic heterocycles. The van der Waals surface area contributed by atoms with E-state index in [9.17, 15) is 31.1 Å². The van der Waals surface area contributed by atoms with E-state index in [1.54, 1.807) is 30.3 Å². The number of aliphatic hydroxyl groups excluding tert-OH is 1. The molecule has 15 heteroatoms. The van der Waals surface area contributed by atoms with Gasteiger partial charge < -0.3 is 14.6 Å². The molecule has 0 unspecified atom stereocenters. The van der Waals surface area contributed by atoms with Crippen LogP contribution in [0, 0.1) is 0 Å². The third-order valence-corrected chi connectivity index (χ3v) is 7.91. The number of halogens is 4. The van der Waals surface area contributed by atoms with E-state index < -0.39 is 34.4 Å². The van der Waals surface area contributed by atoms with Gasteiger partial charge in [-0.05, 0) is 53.6 Å². The number of hydrogen-bond acceptors (Lipinski definition) is 8. The number of nitrogens with zero attached hydrogens (tertiary/aromatic N) is 5. The van der Waals surface area contributed by atoms with E-state index in [0.717, 1.165) is 12.3 Å². The predicted molar refractivity (Wildman–Crippen MR) is 145 cm³/mol. The Morgan fingerprint density at radius 1 is 0.930 bits per heavy atom. The minimum absolute atomic E-state index is 0.0942. The molecule has 0 saturated carbocycles. The van der Waals surface area contributed by atoms with E-state index in [2.05, 4.69) is 24.9 Å². The number of hydrogen-bond donors (Lipinski definition) is 1. The largest absolute Gasteiger partial charge is 0.586 e. The van der Waals surface area contributed by atoms with Gasteiger partial charge in [0.05, 0.1) is 28.2 Å². The van der Waals surface area contributed by atoms with Gasteiger partial charge in [-0.1, -0.05) is 29.5 Å². The van der Waals surface area contributed by atoms with Crippen LogP contribution < -0.4 is 9.47 Å². The molecule has 3 aromatic carbocycles. The summed E-state index contributed by atoms with van der Waals surface area (Å²) in [7, 11) is -2.06. The van der Waals surface area contributed by atoms with Crippen molar-refractivity contribution in [2.45, 2.75) is 17.1 Å². The number of rotatable bonds is 7. The molecule has 0 amide bonds. The molecule has 0 fully saturated rings. The Kier molecular flexibility index (Phi) is 6.54. The Hall–Kier alpha value is -4.76. The van der Waals surface area contributed by atoms with Crippen LogP contribution in [-0.2, 0) is 22.8 Å². The second-order valence-electron chi connectivity index (χ2n) is 9.79. The summed E-state index contributed by atoms with van der Waals surface area (Å²) in [6, 6.07) is 16.5. The molecular formula is C28H21F4N5O5S. The fourth-order valence-electron chi connectivity index (χ4n) is 4.71. The smallest absolute Gasteiger partial charge is 0.395 e. The average molecular weight is 616 g/mol. The lowest BCUT2D eigenvalue weighted by atomic mass is 10.00. The van der Waals surface area contributed by atoms with Gasteiger partial charge in [-0.15, -0.1) is 13.9 Å². The van der Waals surface area contributed by atoms with E-state index in [1.165, 1.54) is 52.9 Å². The Balaban J connectivity index is 1.54. The van der Waals surface area contributed by atoms with Gasteiger partial charge in [-0.25, -0.2) is 13.1 Å². The van der Waals surface area contributed by atoms with Crippen LogP contribution in [0.1, 0.15) is 5.69 Å². The molecule has 43 heavy (non-hydrogen) atoms. The summed E-state index contributed by atoms with van der Waals surface area (Å²) in [4.78, 5) is 0.0942. The third kappa shape index (κ3) is 5.21. The standard InChI is InChI=1S/C28H21F4N5O5S/c1-36-21(13-26(34-36)27(29,30)15-38)20-8-6-17(16-4-3-5-19(10-16)43(2,39)40)11-22(20)37-23(14-33-35-37)18-7-9-24-25(12-18)42-28(31,32)41-24/h3-14,38H,15H2,1-2H3. The number of aryl methyl sites for hydroxylation is 1. The molecule has 0 spiro atoms. The van der Waals surface area contributed by atoms with Crippen LogP contribution in [0.2, 0.25) is 0 Å². The molecule has 6 rings (SSSR count). The van der Waals surface area contributed by atoms with Crippen molar-refractivity contribution in [3.8, 4) is 50.8 Å². The fourth-order valence-corrected chi connectivity index (χ4v) is 5.37. The van der Waals surface area contributed by atoms with Crippen molar-refractivity contribution in [2.24, 2.45) is 7.05 Å². The lowest BCUT2D eigenvalue weighted by Crippen LogP contribution is -2.25. The molecule has 1 aliphatic heterocycles. The highest BCUT2D eigenvalue weighted by Crippen LogP contribution is 2.43. The first-order chi connectivity index (χ1) is 20.3. The van der Waals surface area contributed by atoms with Crippen LogP contribution in [0.4, 0.5) is 17.6 Å².